The van der Waals surface area contributed by atoms with Gasteiger partial charge in [-0.15, -0.1) is 0 Å². The molecule has 8 nitrogen and oxygen atoms in total. The second-order valence-electron chi connectivity index (χ2n) is 5.57. The number of carbonyl (C=O) groups excluding carboxylic acids is 1. The molecule has 0 aromatic carbocycles. The van der Waals surface area contributed by atoms with Crippen LogP contribution in [0.1, 0.15) is 24.3 Å². The molecule has 1 aromatic rings. The number of carbonyl (C=O) groups is 1. The maximum Gasteiger partial charge on any atom is 0.213 e. The minimum absolute atomic E-state index is 0.0985. The predicted octanol–water partition coefficient (Wildman–Crippen LogP) is 0.274. The molecule has 24 heavy (non-hydrogen) atoms. The fraction of sp³-hybridized carbons (Fsp3) is 0.643. The van der Waals surface area contributed by atoms with Crippen molar-refractivity contribution < 1.29 is 13.2 Å². The molecule has 0 bridgehead atoms. The Kier molecular flexibility index (Phi) is 6.17. The number of aromatic nitrogens is 2. The Morgan fingerprint density at radius 1 is 1.29 bits per heavy atom. The van der Waals surface area contributed by atoms with Crippen LogP contribution in [0.3, 0.4) is 0 Å². The van der Waals surface area contributed by atoms with Crippen molar-refractivity contribution in [2.45, 2.75) is 26.5 Å². The summed E-state index contributed by atoms with van der Waals surface area (Å²) in [5.41, 5.74) is 5.96. The number of anilines is 2. The number of sulfonamides is 1. The molecule has 1 radical (unpaired) electrons. The van der Waals surface area contributed by atoms with Gasteiger partial charge in [-0.1, -0.05) is 13.2 Å². The molecule has 1 aliphatic heterocycles. The van der Waals surface area contributed by atoms with Gasteiger partial charge in [0.05, 0.1) is 11.9 Å². The van der Waals surface area contributed by atoms with Crippen LogP contribution >= 0.6 is 0 Å². The molecule has 2 rings (SSSR count). The van der Waals surface area contributed by atoms with Crippen LogP contribution in [0.4, 0.5) is 11.6 Å². The van der Waals surface area contributed by atoms with Gasteiger partial charge in [-0.25, -0.2) is 18.4 Å². The van der Waals surface area contributed by atoms with Crippen molar-refractivity contribution in [2.24, 2.45) is 0 Å². The monoisotopic (exact) mass is 352 g/mol. The molecule has 2 heterocycles. The third-order valence-corrected chi connectivity index (χ3v) is 5.87. The zero-order chi connectivity index (χ0) is 17.7. The van der Waals surface area contributed by atoms with E-state index in [-0.39, 0.29) is 29.4 Å². The van der Waals surface area contributed by atoms with E-state index < -0.39 is 10.0 Å². The topological polar surface area (TPSA) is 109 Å². The summed E-state index contributed by atoms with van der Waals surface area (Å²) in [6, 6.07) is 0. The minimum Gasteiger partial charge on any atom is -0.382 e. The Morgan fingerprint density at radius 2 is 1.96 bits per heavy atom. The van der Waals surface area contributed by atoms with Gasteiger partial charge in [0, 0.05) is 26.2 Å². The number of nitrogen functional groups attached to an aromatic ring is 1. The summed E-state index contributed by atoms with van der Waals surface area (Å²) in [6.07, 6.45) is 2.60. The molecule has 0 aliphatic carbocycles. The van der Waals surface area contributed by atoms with E-state index >= 15 is 0 Å². The van der Waals surface area contributed by atoms with Crippen molar-refractivity contribution >= 4 is 34.7 Å². The number of rotatable bonds is 7. The van der Waals surface area contributed by atoms with Gasteiger partial charge in [0.15, 0.2) is 11.6 Å². The molecule has 0 atom stereocenters. The fourth-order valence-electron chi connectivity index (χ4n) is 2.50. The first-order valence-electron chi connectivity index (χ1n) is 8.09. The summed E-state index contributed by atoms with van der Waals surface area (Å²) >= 11 is 0. The second-order valence-corrected chi connectivity index (χ2v) is 7.83. The first-order chi connectivity index (χ1) is 11.4. The summed E-state index contributed by atoms with van der Waals surface area (Å²) in [5.74, 6) is 0.621. The lowest BCUT2D eigenvalue weighted by atomic mass is 9.70. The second kappa shape index (κ2) is 7.93. The molecule has 0 spiro atoms. The average Bonchev–Trinajstić information content (AvgIpc) is 2.60. The zero-order valence-electron chi connectivity index (χ0n) is 14.1. The lowest BCUT2D eigenvalue weighted by Crippen LogP contribution is -2.49. The maximum atomic E-state index is 12.2. The summed E-state index contributed by atoms with van der Waals surface area (Å²) in [6.45, 7) is 5.41. The largest absolute Gasteiger partial charge is 0.382 e. The molecule has 1 aliphatic rings. The number of nitrogens with zero attached hydrogens (tertiary/aromatic N) is 4. The Bertz CT molecular complexity index is 690. The summed E-state index contributed by atoms with van der Waals surface area (Å²) in [7, 11) is -1.31. The van der Waals surface area contributed by atoms with Gasteiger partial charge in [0.2, 0.25) is 10.0 Å². The van der Waals surface area contributed by atoms with Crippen LogP contribution in [0.5, 0.6) is 0 Å². The smallest absolute Gasteiger partial charge is 0.213 e. The molecule has 0 saturated carbocycles. The van der Waals surface area contributed by atoms with E-state index in [9.17, 15) is 13.2 Å². The van der Waals surface area contributed by atoms with E-state index in [1.54, 1.807) is 6.92 Å². The highest BCUT2D eigenvalue weighted by atomic mass is 32.2. The first kappa shape index (κ1) is 18.7. The number of piperazine rings is 1. The van der Waals surface area contributed by atoms with Crippen molar-refractivity contribution in [1.29, 1.82) is 0 Å². The minimum atomic E-state index is -3.17. The van der Waals surface area contributed by atoms with Crippen molar-refractivity contribution in [1.82, 2.24) is 14.3 Å². The van der Waals surface area contributed by atoms with Gasteiger partial charge in [0.1, 0.15) is 18.8 Å². The van der Waals surface area contributed by atoms with E-state index in [0.717, 1.165) is 6.32 Å². The quantitative estimate of drug-likeness (QED) is 0.554. The molecular formula is C14H23BN5O3S. The molecular weight excluding hydrogens is 329 g/mol. The van der Waals surface area contributed by atoms with Crippen molar-refractivity contribution in [3.8, 4) is 0 Å². The third kappa shape index (κ3) is 4.24. The third-order valence-electron chi connectivity index (χ3n) is 3.99. The first-order valence-corrected chi connectivity index (χ1v) is 9.70. The van der Waals surface area contributed by atoms with E-state index in [1.165, 1.54) is 10.5 Å². The molecule has 1 fully saturated rings. The highest BCUT2D eigenvalue weighted by molar-refractivity contribution is 7.89. The number of hydrogen-bond donors (Lipinski definition) is 1. The van der Waals surface area contributed by atoms with Crippen LogP contribution in [0, 0.1) is 0 Å². The van der Waals surface area contributed by atoms with E-state index in [0.29, 0.717) is 32.0 Å². The number of nitrogens with two attached hydrogens (primary N) is 1. The molecule has 131 valence electrons. The van der Waals surface area contributed by atoms with Gasteiger partial charge >= 0.3 is 0 Å². The number of Topliss-reactive ketones (excluding diaryl/α,β-unsaturated/α-hetero) is 1. The van der Waals surface area contributed by atoms with E-state index in [4.69, 9.17) is 5.73 Å². The molecule has 0 amide bonds. The Balaban J connectivity index is 2.10. The summed E-state index contributed by atoms with van der Waals surface area (Å²) in [4.78, 5) is 22.5. The Morgan fingerprint density at radius 3 is 2.54 bits per heavy atom. The predicted molar refractivity (Wildman–Crippen MR) is 95.1 cm³/mol. The molecule has 10 heteroatoms. The lowest BCUT2D eigenvalue weighted by Gasteiger charge is -2.34. The van der Waals surface area contributed by atoms with Crippen molar-refractivity contribution in [2.75, 3.05) is 42.6 Å². The zero-order valence-corrected chi connectivity index (χ0v) is 14.9. The molecule has 1 aromatic heterocycles. The van der Waals surface area contributed by atoms with Gasteiger partial charge in [0.25, 0.3) is 0 Å². The van der Waals surface area contributed by atoms with Crippen LogP contribution in [-0.2, 0) is 10.0 Å². The normalized spacial score (nSPS) is 16.2. The molecule has 1 saturated heterocycles. The van der Waals surface area contributed by atoms with Crippen LogP contribution < -0.4 is 10.6 Å². The summed E-state index contributed by atoms with van der Waals surface area (Å²) < 4.78 is 25.3. The maximum absolute atomic E-state index is 12.2. The lowest BCUT2D eigenvalue weighted by molar-refractivity contribution is 0.101. The Labute approximate surface area is 143 Å². The standard InChI is InChI=1S/C14H23BN5O3S/c1-3-15-9-11(21)13-14(16)17-10-12(18-13)19-5-7-20(8-6-19)24(22,23)4-2/h10H,3-9H2,1-2H3,(H2,16,17). The highest BCUT2D eigenvalue weighted by Gasteiger charge is 2.26. The SMILES string of the molecule is CC[B]CC(=O)c1nc(N2CCN(S(=O)(=O)CC)CC2)cnc1N. The molecule has 0 unspecified atom stereocenters. The van der Waals surface area contributed by atoms with Gasteiger partial charge < -0.3 is 10.6 Å². The van der Waals surface area contributed by atoms with Crippen molar-refractivity contribution in [3.63, 3.8) is 0 Å². The van der Waals surface area contributed by atoms with Crippen LogP contribution in [0.15, 0.2) is 6.20 Å². The van der Waals surface area contributed by atoms with Crippen molar-refractivity contribution in [3.05, 3.63) is 11.9 Å². The number of ketones is 1. The van der Waals surface area contributed by atoms with Gasteiger partial charge in [-0.05, 0) is 13.2 Å². The van der Waals surface area contributed by atoms with Crippen LogP contribution in [-0.4, -0.2) is 67.7 Å². The average molecular weight is 352 g/mol. The van der Waals surface area contributed by atoms with E-state index in [1.807, 2.05) is 19.1 Å². The van der Waals surface area contributed by atoms with Gasteiger partial charge in [-0.3, -0.25) is 4.79 Å². The van der Waals surface area contributed by atoms with E-state index in [2.05, 4.69) is 9.97 Å². The fourth-order valence-corrected chi connectivity index (χ4v) is 3.58. The highest BCUT2D eigenvalue weighted by Crippen LogP contribution is 2.18. The van der Waals surface area contributed by atoms with Crippen LogP contribution in [0.2, 0.25) is 12.6 Å². The Hall–Kier alpha value is -1.68. The summed E-state index contributed by atoms with van der Waals surface area (Å²) in [5, 5.41) is 0. The van der Waals surface area contributed by atoms with Gasteiger partial charge in [-0.2, -0.15) is 4.31 Å². The number of hydrogen-bond acceptors (Lipinski definition) is 7. The van der Waals surface area contributed by atoms with Crippen LogP contribution in [0.25, 0.3) is 0 Å². The molecule has 2 N–H and O–H groups in total.